The number of carbonyl (C=O) groups excluding carboxylic acids is 1. The third kappa shape index (κ3) is 2.86. The van der Waals surface area contributed by atoms with Gasteiger partial charge in [-0.2, -0.15) is 0 Å². The molecular formula is C12H10ClFN2OS. The molecule has 3 nitrogen and oxygen atoms in total. The SMILES string of the molecule is CN(Cc1ccc(F)cc1)c1nc(Cl)c(C=O)s1. The monoisotopic (exact) mass is 284 g/mol. The van der Waals surface area contributed by atoms with Gasteiger partial charge in [0.25, 0.3) is 0 Å². The molecule has 94 valence electrons. The van der Waals surface area contributed by atoms with Crippen LogP contribution in [0.5, 0.6) is 0 Å². The van der Waals surface area contributed by atoms with Crippen molar-refractivity contribution in [1.82, 2.24) is 4.98 Å². The minimum atomic E-state index is -0.262. The zero-order valence-corrected chi connectivity index (χ0v) is 11.1. The molecule has 0 aliphatic rings. The van der Waals surface area contributed by atoms with Crippen molar-refractivity contribution in [1.29, 1.82) is 0 Å². The summed E-state index contributed by atoms with van der Waals surface area (Å²) < 4.78 is 12.8. The molecule has 6 heteroatoms. The molecule has 2 rings (SSSR count). The molecule has 0 aliphatic carbocycles. The van der Waals surface area contributed by atoms with E-state index in [0.717, 1.165) is 5.56 Å². The number of anilines is 1. The number of nitrogens with zero attached hydrogens (tertiary/aromatic N) is 2. The van der Waals surface area contributed by atoms with Gasteiger partial charge in [-0.1, -0.05) is 35.1 Å². The molecule has 0 saturated carbocycles. The maximum atomic E-state index is 12.8. The Kier molecular flexibility index (Phi) is 3.93. The molecule has 18 heavy (non-hydrogen) atoms. The molecule has 0 aliphatic heterocycles. The Labute approximate surface area is 113 Å². The molecule has 2 aromatic rings. The van der Waals surface area contributed by atoms with Crippen LogP contribution in [0.1, 0.15) is 15.2 Å². The lowest BCUT2D eigenvalue weighted by atomic mass is 10.2. The number of aromatic nitrogens is 1. The van der Waals surface area contributed by atoms with Gasteiger partial charge in [0.1, 0.15) is 10.7 Å². The van der Waals surface area contributed by atoms with Crippen LogP contribution in [0.25, 0.3) is 0 Å². The van der Waals surface area contributed by atoms with E-state index >= 15 is 0 Å². The standard InChI is InChI=1S/C12H10ClFN2OS/c1-16(6-8-2-4-9(14)5-3-8)12-15-11(13)10(7-17)18-12/h2-5,7H,6H2,1H3. The van der Waals surface area contributed by atoms with Gasteiger partial charge in [-0.25, -0.2) is 9.37 Å². The summed E-state index contributed by atoms with van der Waals surface area (Å²) in [5, 5.41) is 0.877. The molecule has 1 aromatic carbocycles. The van der Waals surface area contributed by atoms with Gasteiger partial charge in [-0.3, -0.25) is 4.79 Å². The molecule has 0 bridgehead atoms. The number of benzene rings is 1. The highest BCUT2D eigenvalue weighted by molar-refractivity contribution is 7.17. The number of carbonyl (C=O) groups is 1. The first-order chi connectivity index (χ1) is 8.60. The molecule has 0 unspecified atom stereocenters. The van der Waals surface area contributed by atoms with Gasteiger partial charge in [-0.15, -0.1) is 0 Å². The first kappa shape index (κ1) is 13.0. The Balaban J connectivity index is 2.13. The van der Waals surface area contributed by atoms with E-state index < -0.39 is 0 Å². The quantitative estimate of drug-likeness (QED) is 0.807. The average Bonchev–Trinajstić information content (AvgIpc) is 2.73. The molecule has 0 amide bonds. The molecule has 1 aromatic heterocycles. The van der Waals surface area contributed by atoms with Crippen LogP contribution in [-0.4, -0.2) is 18.3 Å². The lowest BCUT2D eigenvalue weighted by Crippen LogP contribution is -2.15. The minimum Gasteiger partial charge on any atom is -0.347 e. The van der Waals surface area contributed by atoms with E-state index in [0.29, 0.717) is 22.8 Å². The second kappa shape index (κ2) is 5.46. The van der Waals surface area contributed by atoms with E-state index in [2.05, 4.69) is 4.98 Å². The fourth-order valence-electron chi connectivity index (χ4n) is 1.47. The number of thiazole rings is 1. The Morgan fingerprint density at radius 3 is 2.67 bits per heavy atom. The highest BCUT2D eigenvalue weighted by atomic mass is 35.5. The summed E-state index contributed by atoms with van der Waals surface area (Å²) in [5.41, 5.74) is 0.956. The molecular weight excluding hydrogens is 275 g/mol. The number of hydrogen-bond acceptors (Lipinski definition) is 4. The summed E-state index contributed by atoms with van der Waals surface area (Å²) in [6, 6.07) is 6.24. The molecule has 1 heterocycles. The van der Waals surface area contributed by atoms with Gasteiger partial charge in [0.05, 0.1) is 0 Å². The minimum absolute atomic E-state index is 0.218. The van der Waals surface area contributed by atoms with Crippen LogP contribution < -0.4 is 4.90 Å². The zero-order valence-electron chi connectivity index (χ0n) is 9.56. The van der Waals surface area contributed by atoms with Crippen molar-refractivity contribution in [2.45, 2.75) is 6.54 Å². The van der Waals surface area contributed by atoms with Gasteiger partial charge in [-0.05, 0) is 17.7 Å². The van der Waals surface area contributed by atoms with Gasteiger partial charge in [0.15, 0.2) is 16.6 Å². The number of halogens is 2. The van der Waals surface area contributed by atoms with Gasteiger partial charge in [0.2, 0.25) is 0 Å². The second-order valence-electron chi connectivity index (χ2n) is 3.75. The predicted octanol–water partition coefficient (Wildman–Crippen LogP) is 3.38. The van der Waals surface area contributed by atoms with Gasteiger partial charge < -0.3 is 4.90 Å². The molecule has 0 fully saturated rings. The second-order valence-corrected chi connectivity index (χ2v) is 5.12. The summed E-state index contributed by atoms with van der Waals surface area (Å²) in [6.45, 7) is 0.572. The van der Waals surface area contributed by atoms with Crippen LogP contribution in [0, 0.1) is 5.82 Å². The average molecular weight is 285 g/mol. The van der Waals surface area contributed by atoms with Crippen molar-refractivity contribution in [2.24, 2.45) is 0 Å². The van der Waals surface area contributed by atoms with Crippen molar-refractivity contribution >= 4 is 34.4 Å². The van der Waals surface area contributed by atoms with Crippen LogP contribution in [-0.2, 0) is 6.54 Å². The van der Waals surface area contributed by atoms with Crippen LogP contribution >= 0.6 is 22.9 Å². The van der Waals surface area contributed by atoms with Crippen molar-refractivity contribution in [3.05, 3.63) is 45.7 Å². The molecule has 0 spiro atoms. The Bertz CT molecular complexity index is 556. The van der Waals surface area contributed by atoms with Crippen LogP contribution in [0.3, 0.4) is 0 Å². The Morgan fingerprint density at radius 1 is 1.44 bits per heavy atom. The van der Waals surface area contributed by atoms with Crippen molar-refractivity contribution < 1.29 is 9.18 Å². The number of aldehydes is 1. The number of rotatable bonds is 4. The zero-order chi connectivity index (χ0) is 13.1. The smallest absolute Gasteiger partial charge is 0.187 e. The summed E-state index contributed by atoms with van der Waals surface area (Å²) >= 11 is 7.04. The Hall–Kier alpha value is -1.46. The highest BCUT2D eigenvalue weighted by Crippen LogP contribution is 2.28. The fraction of sp³-hybridized carbons (Fsp3) is 0.167. The van der Waals surface area contributed by atoms with Crippen LogP contribution in [0.4, 0.5) is 9.52 Å². The van der Waals surface area contributed by atoms with Crippen molar-refractivity contribution in [2.75, 3.05) is 11.9 Å². The lowest BCUT2D eigenvalue weighted by molar-refractivity contribution is 0.112. The third-order valence-corrected chi connectivity index (χ3v) is 3.86. The van der Waals surface area contributed by atoms with Crippen LogP contribution in [0.15, 0.2) is 24.3 Å². The predicted molar refractivity (Wildman–Crippen MR) is 71.0 cm³/mol. The van der Waals surface area contributed by atoms with Crippen LogP contribution in [0.2, 0.25) is 5.15 Å². The maximum Gasteiger partial charge on any atom is 0.187 e. The van der Waals surface area contributed by atoms with Crippen molar-refractivity contribution in [3.63, 3.8) is 0 Å². The fourth-order valence-corrected chi connectivity index (χ4v) is 2.49. The number of hydrogen-bond donors (Lipinski definition) is 0. The van der Waals surface area contributed by atoms with Gasteiger partial charge >= 0.3 is 0 Å². The Morgan fingerprint density at radius 2 is 2.11 bits per heavy atom. The summed E-state index contributed by atoms with van der Waals surface area (Å²) in [5.74, 6) is -0.262. The van der Waals surface area contributed by atoms with Gasteiger partial charge in [0, 0.05) is 13.6 Å². The summed E-state index contributed by atoms with van der Waals surface area (Å²) in [4.78, 5) is 17.1. The first-order valence-electron chi connectivity index (χ1n) is 5.17. The van der Waals surface area contributed by atoms with Crippen molar-refractivity contribution in [3.8, 4) is 0 Å². The maximum absolute atomic E-state index is 12.8. The van der Waals surface area contributed by atoms with E-state index in [-0.39, 0.29) is 11.0 Å². The van der Waals surface area contributed by atoms with E-state index in [9.17, 15) is 9.18 Å². The molecule has 0 atom stereocenters. The summed E-state index contributed by atoms with van der Waals surface area (Å²) in [6.07, 6.45) is 0.690. The van der Waals surface area contributed by atoms with E-state index in [1.54, 1.807) is 12.1 Å². The van der Waals surface area contributed by atoms with E-state index in [1.165, 1.54) is 23.5 Å². The highest BCUT2D eigenvalue weighted by Gasteiger charge is 2.12. The van der Waals surface area contributed by atoms with E-state index in [4.69, 9.17) is 11.6 Å². The molecule has 0 saturated heterocycles. The molecule has 0 N–H and O–H groups in total. The first-order valence-corrected chi connectivity index (χ1v) is 6.36. The van der Waals surface area contributed by atoms with E-state index in [1.807, 2.05) is 11.9 Å². The normalized spacial score (nSPS) is 10.4. The lowest BCUT2D eigenvalue weighted by Gasteiger charge is -2.15. The third-order valence-electron chi connectivity index (χ3n) is 2.36. The topological polar surface area (TPSA) is 33.2 Å². The molecule has 0 radical (unpaired) electrons. The summed E-state index contributed by atoms with van der Waals surface area (Å²) in [7, 11) is 1.84. The largest absolute Gasteiger partial charge is 0.347 e.